The van der Waals surface area contributed by atoms with Crippen LogP contribution in [0.1, 0.15) is 419 Å². The molecule has 6 nitrogen and oxygen atoms in total. The van der Waals surface area contributed by atoms with Crippen molar-refractivity contribution in [3.63, 3.8) is 0 Å². The number of esters is 3. The molecule has 83 heavy (non-hydrogen) atoms. The number of hydrogen-bond acceptors (Lipinski definition) is 6. The minimum atomic E-state index is -0.779. The molecular weight excluding hydrogens is 1020 g/mol. The molecular formula is C77H144O6. The third-order valence-electron chi connectivity index (χ3n) is 17.1. The van der Waals surface area contributed by atoms with Gasteiger partial charge in [0.1, 0.15) is 13.2 Å². The van der Waals surface area contributed by atoms with Gasteiger partial charge in [-0.05, 0) is 70.6 Å². The topological polar surface area (TPSA) is 78.9 Å². The van der Waals surface area contributed by atoms with Crippen molar-refractivity contribution >= 4 is 17.9 Å². The van der Waals surface area contributed by atoms with Gasteiger partial charge in [-0.15, -0.1) is 0 Å². The van der Waals surface area contributed by atoms with Crippen LogP contribution in [0.4, 0.5) is 0 Å². The molecule has 0 fully saturated rings. The number of unbranched alkanes of at least 4 members (excludes halogenated alkanes) is 53. The monoisotopic (exact) mass is 1170 g/mol. The first kappa shape index (κ1) is 80.6. The normalized spacial score (nSPS) is 12.2. The van der Waals surface area contributed by atoms with Gasteiger partial charge in [0, 0.05) is 19.3 Å². The molecule has 0 amide bonds. The molecule has 6 heteroatoms. The van der Waals surface area contributed by atoms with Crippen LogP contribution in [0.5, 0.6) is 0 Å². The summed E-state index contributed by atoms with van der Waals surface area (Å²) < 4.78 is 17.0. The van der Waals surface area contributed by atoms with E-state index in [0.29, 0.717) is 19.3 Å². The highest BCUT2D eigenvalue weighted by Gasteiger charge is 2.20. The molecule has 0 aromatic carbocycles. The maximum atomic E-state index is 12.9. The predicted octanol–water partition coefficient (Wildman–Crippen LogP) is 25.9. The van der Waals surface area contributed by atoms with Crippen LogP contribution in [0.15, 0.2) is 36.5 Å². The van der Waals surface area contributed by atoms with Crippen LogP contribution < -0.4 is 0 Å². The van der Waals surface area contributed by atoms with E-state index in [2.05, 4.69) is 57.2 Å². The molecule has 0 saturated carbocycles. The lowest BCUT2D eigenvalue weighted by molar-refractivity contribution is -0.167. The van der Waals surface area contributed by atoms with Gasteiger partial charge in [0.15, 0.2) is 6.10 Å². The van der Waals surface area contributed by atoms with Crippen molar-refractivity contribution in [1.82, 2.24) is 0 Å². The van der Waals surface area contributed by atoms with Crippen LogP contribution in [-0.2, 0) is 28.6 Å². The molecule has 0 aliphatic heterocycles. The van der Waals surface area contributed by atoms with Crippen LogP contribution in [0.25, 0.3) is 0 Å². The third-order valence-corrected chi connectivity index (χ3v) is 17.1. The first-order chi connectivity index (χ1) is 41.0. The summed E-state index contributed by atoms with van der Waals surface area (Å²) in [7, 11) is 0. The van der Waals surface area contributed by atoms with E-state index < -0.39 is 6.10 Å². The summed E-state index contributed by atoms with van der Waals surface area (Å²) in [6.45, 7) is 6.63. The molecule has 0 rings (SSSR count). The lowest BCUT2D eigenvalue weighted by atomic mass is 10.0. The van der Waals surface area contributed by atoms with Crippen molar-refractivity contribution in [3.05, 3.63) is 36.5 Å². The summed E-state index contributed by atoms with van der Waals surface area (Å²) in [6.07, 6.45) is 90.7. The number of carbonyl (C=O) groups excluding carboxylic acids is 3. The van der Waals surface area contributed by atoms with E-state index in [-0.39, 0.29) is 31.1 Å². The third kappa shape index (κ3) is 70.3. The second-order valence-electron chi connectivity index (χ2n) is 25.6. The van der Waals surface area contributed by atoms with Gasteiger partial charge in [-0.1, -0.05) is 365 Å². The average molecular weight is 1170 g/mol. The molecule has 0 aliphatic carbocycles. The van der Waals surface area contributed by atoms with Gasteiger partial charge in [0.2, 0.25) is 0 Å². The standard InChI is InChI=1S/C77H144O6/c1-4-7-10-13-16-19-22-25-27-29-30-31-32-33-34-35-36-37-38-39-40-41-42-43-44-45-46-48-49-52-55-58-61-64-67-70-76(79)82-73-74(72-81-75(78)69-66-63-60-57-54-51-24-21-18-15-12-9-6-3)83-77(80)71-68-65-62-59-56-53-50-47-28-26-23-20-17-14-11-8-5-2/h12,15,21,24,26,28,74H,4-11,13-14,16-20,22-23,25,27,29-73H2,1-3H3/b15-12-,24-21-,28-26-. The Labute approximate surface area is 518 Å². The second kappa shape index (κ2) is 72.1. The van der Waals surface area contributed by atoms with Crippen molar-refractivity contribution in [2.24, 2.45) is 0 Å². The molecule has 0 aliphatic rings. The Morgan fingerprint density at radius 1 is 0.241 bits per heavy atom. The van der Waals surface area contributed by atoms with E-state index >= 15 is 0 Å². The number of rotatable bonds is 70. The van der Waals surface area contributed by atoms with Crippen LogP contribution in [0.2, 0.25) is 0 Å². The highest BCUT2D eigenvalue weighted by molar-refractivity contribution is 5.71. The number of hydrogen-bond donors (Lipinski definition) is 0. The summed E-state index contributed by atoms with van der Waals surface area (Å²) in [5, 5.41) is 0. The number of carbonyl (C=O) groups is 3. The predicted molar refractivity (Wildman–Crippen MR) is 362 cm³/mol. The van der Waals surface area contributed by atoms with Crippen molar-refractivity contribution in [2.45, 2.75) is 425 Å². The van der Waals surface area contributed by atoms with Gasteiger partial charge in [0.05, 0.1) is 0 Å². The summed E-state index contributed by atoms with van der Waals surface area (Å²) in [5.74, 6) is -0.867. The van der Waals surface area contributed by atoms with Gasteiger partial charge in [-0.2, -0.15) is 0 Å². The van der Waals surface area contributed by atoms with Crippen molar-refractivity contribution in [2.75, 3.05) is 13.2 Å². The molecule has 0 aromatic heterocycles. The van der Waals surface area contributed by atoms with Gasteiger partial charge < -0.3 is 14.2 Å². The fourth-order valence-electron chi connectivity index (χ4n) is 11.5. The maximum Gasteiger partial charge on any atom is 0.306 e. The molecule has 0 aromatic rings. The molecule has 0 saturated heterocycles. The molecule has 0 radical (unpaired) electrons. The van der Waals surface area contributed by atoms with Crippen molar-refractivity contribution < 1.29 is 28.6 Å². The van der Waals surface area contributed by atoms with Crippen LogP contribution in [0, 0.1) is 0 Å². The first-order valence-electron chi connectivity index (χ1n) is 37.5. The lowest BCUT2D eigenvalue weighted by Crippen LogP contribution is -2.30. The quantitative estimate of drug-likeness (QED) is 0.0261. The summed E-state index contributed by atoms with van der Waals surface area (Å²) in [6, 6.07) is 0. The summed E-state index contributed by atoms with van der Waals surface area (Å²) in [5.41, 5.74) is 0. The van der Waals surface area contributed by atoms with Gasteiger partial charge >= 0.3 is 17.9 Å². The van der Waals surface area contributed by atoms with Crippen LogP contribution >= 0.6 is 0 Å². The summed E-state index contributed by atoms with van der Waals surface area (Å²) >= 11 is 0. The fraction of sp³-hybridized carbons (Fsp3) is 0.883. The van der Waals surface area contributed by atoms with Gasteiger partial charge in [-0.25, -0.2) is 0 Å². The maximum absolute atomic E-state index is 12.9. The van der Waals surface area contributed by atoms with E-state index in [1.165, 1.54) is 295 Å². The van der Waals surface area contributed by atoms with Crippen molar-refractivity contribution in [3.8, 4) is 0 Å². The van der Waals surface area contributed by atoms with E-state index in [9.17, 15) is 14.4 Å². The molecule has 1 atom stereocenters. The Kier molecular flexibility index (Phi) is 70.0. The second-order valence-corrected chi connectivity index (χ2v) is 25.6. The number of allylic oxidation sites excluding steroid dienone is 6. The van der Waals surface area contributed by atoms with Crippen LogP contribution in [-0.4, -0.2) is 37.2 Å². The zero-order chi connectivity index (χ0) is 59.9. The zero-order valence-corrected chi connectivity index (χ0v) is 56.2. The first-order valence-corrected chi connectivity index (χ1v) is 37.5. The molecule has 0 spiro atoms. The van der Waals surface area contributed by atoms with Crippen LogP contribution in [0.3, 0.4) is 0 Å². The molecule has 488 valence electrons. The van der Waals surface area contributed by atoms with E-state index in [0.717, 1.165) is 83.5 Å². The highest BCUT2D eigenvalue weighted by Crippen LogP contribution is 2.19. The molecule has 1 unspecified atom stereocenters. The highest BCUT2D eigenvalue weighted by atomic mass is 16.6. The minimum absolute atomic E-state index is 0.0742. The van der Waals surface area contributed by atoms with E-state index in [4.69, 9.17) is 14.2 Å². The Bertz CT molecular complexity index is 1380. The Morgan fingerprint density at radius 3 is 0.723 bits per heavy atom. The fourth-order valence-corrected chi connectivity index (χ4v) is 11.5. The van der Waals surface area contributed by atoms with Gasteiger partial charge in [0.25, 0.3) is 0 Å². The molecule has 0 heterocycles. The van der Waals surface area contributed by atoms with Crippen molar-refractivity contribution in [1.29, 1.82) is 0 Å². The minimum Gasteiger partial charge on any atom is -0.462 e. The zero-order valence-electron chi connectivity index (χ0n) is 56.2. The largest absolute Gasteiger partial charge is 0.462 e. The number of ether oxygens (including phenoxy) is 3. The summed E-state index contributed by atoms with van der Waals surface area (Å²) in [4.78, 5) is 38.4. The lowest BCUT2D eigenvalue weighted by Gasteiger charge is -2.18. The van der Waals surface area contributed by atoms with E-state index in [1.807, 2.05) is 0 Å². The van der Waals surface area contributed by atoms with E-state index in [1.54, 1.807) is 0 Å². The Balaban J connectivity index is 4.06. The Morgan fingerprint density at radius 2 is 0.458 bits per heavy atom. The molecule has 0 bridgehead atoms. The SMILES string of the molecule is CCC/C=C\C/C=C\CCCCCCCC(=O)OCC(COC(=O)CCCCCCCCCCCCCCCCCCCCCCCCCCCCCCCCCCCCC)OC(=O)CCCCCCCCC/C=C\CCCCCCCC. The average Bonchev–Trinajstić information content (AvgIpc) is 3.49. The Hall–Kier alpha value is -2.37. The smallest absolute Gasteiger partial charge is 0.306 e. The molecule has 0 N–H and O–H groups in total. The van der Waals surface area contributed by atoms with Gasteiger partial charge in [-0.3, -0.25) is 14.4 Å².